The maximum atomic E-state index is 4.02. The largest absolute Gasteiger partial charge is 0.296 e. The molecule has 0 saturated heterocycles. The van der Waals surface area contributed by atoms with Crippen molar-refractivity contribution in [3.8, 4) is 0 Å². The third-order valence-electron chi connectivity index (χ3n) is 2.62. The van der Waals surface area contributed by atoms with E-state index in [-0.39, 0.29) is 0 Å². The molecule has 0 saturated carbocycles. The van der Waals surface area contributed by atoms with Crippen LogP contribution in [0.4, 0.5) is 0 Å². The van der Waals surface area contributed by atoms with Crippen LogP contribution in [0.3, 0.4) is 0 Å². The summed E-state index contributed by atoms with van der Waals surface area (Å²) in [5.41, 5.74) is 2.55. The molecule has 0 bridgehead atoms. The van der Waals surface area contributed by atoms with Crippen LogP contribution in [-0.2, 0) is 6.42 Å². The lowest BCUT2D eigenvalue weighted by Crippen LogP contribution is -1.84. The van der Waals surface area contributed by atoms with Crippen molar-refractivity contribution in [2.45, 2.75) is 13.3 Å². The standard InChI is InChI=1S/C14H15N/c1-3-11-4-6-14-9-12(10-15-2)5-7-13(14)8-11/h4-10H,3H2,1-2H3. The van der Waals surface area contributed by atoms with Crippen molar-refractivity contribution in [2.75, 3.05) is 7.05 Å². The Morgan fingerprint density at radius 3 is 2.53 bits per heavy atom. The summed E-state index contributed by atoms with van der Waals surface area (Å²) in [5, 5.41) is 2.59. The molecular weight excluding hydrogens is 182 g/mol. The monoisotopic (exact) mass is 197 g/mol. The molecule has 1 heteroatoms. The van der Waals surface area contributed by atoms with Gasteiger partial charge >= 0.3 is 0 Å². The van der Waals surface area contributed by atoms with Crippen LogP contribution in [0.15, 0.2) is 41.4 Å². The summed E-state index contributed by atoms with van der Waals surface area (Å²) < 4.78 is 0. The van der Waals surface area contributed by atoms with Crippen LogP contribution in [0.1, 0.15) is 18.1 Å². The second-order valence-corrected chi connectivity index (χ2v) is 3.68. The van der Waals surface area contributed by atoms with Crippen LogP contribution in [-0.4, -0.2) is 13.3 Å². The molecule has 0 amide bonds. The molecular formula is C14H15N. The molecule has 15 heavy (non-hydrogen) atoms. The molecule has 0 aliphatic rings. The SMILES string of the molecule is CCc1ccc2cc(C=NC)ccc2c1. The van der Waals surface area contributed by atoms with Crippen molar-refractivity contribution in [1.29, 1.82) is 0 Å². The maximum absolute atomic E-state index is 4.02. The van der Waals surface area contributed by atoms with E-state index in [2.05, 4.69) is 48.3 Å². The summed E-state index contributed by atoms with van der Waals surface area (Å²) in [6, 6.07) is 13.1. The molecule has 1 nitrogen and oxygen atoms in total. The number of hydrogen-bond acceptors (Lipinski definition) is 1. The van der Waals surface area contributed by atoms with Crippen molar-refractivity contribution < 1.29 is 0 Å². The summed E-state index contributed by atoms with van der Waals surface area (Å²) in [4.78, 5) is 4.02. The average molecular weight is 197 g/mol. The predicted octanol–water partition coefficient (Wildman–Crippen LogP) is 3.45. The third-order valence-corrected chi connectivity index (χ3v) is 2.62. The molecule has 0 radical (unpaired) electrons. The van der Waals surface area contributed by atoms with Crippen LogP contribution in [0.2, 0.25) is 0 Å². The van der Waals surface area contributed by atoms with Crippen LogP contribution in [0.5, 0.6) is 0 Å². The Morgan fingerprint density at radius 1 is 1.07 bits per heavy atom. The fourth-order valence-electron chi connectivity index (χ4n) is 1.76. The minimum atomic E-state index is 1.09. The van der Waals surface area contributed by atoms with Crippen LogP contribution < -0.4 is 0 Å². The van der Waals surface area contributed by atoms with Gasteiger partial charge in [0.05, 0.1) is 0 Å². The Balaban J connectivity index is 2.54. The van der Waals surface area contributed by atoms with Crippen molar-refractivity contribution in [3.63, 3.8) is 0 Å². The molecule has 0 unspecified atom stereocenters. The lowest BCUT2D eigenvalue weighted by molar-refractivity contribution is 1.15. The van der Waals surface area contributed by atoms with Gasteiger partial charge in [-0.25, -0.2) is 0 Å². The number of rotatable bonds is 2. The van der Waals surface area contributed by atoms with E-state index in [0.717, 1.165) is 12.0 Å². The highest BCUT2D eigenvalue weighted by Gasteiger charge is 1.96. The van der Waals surface area contributed by atoms with Gasteiger partial charge in [-0.1, -0.05) is 37.3 Å². The molecule has 0 N–H and O–H groups in total. The van der Waals surface area contributed by atoms with Crippen molar-refractivity contribution >= 4 is 17.0 Å². The number of benzene rings is 2. The zero-order valence-corrected chi connectivity index (χ0v) is 9.20. The number of fused-ring (bicyclic) bond motifs is 1. The Labute approximate surface area is 90.5 Å². The third kappa shape index (κ3) is 2.07. The van der Waals surface area contributed by atoms with E-state index in [0.29, 0.717) is 0 Å². The molecule has 2 aromatic carbocycles. The minimum Gasteiger partial charge on any atom is -0.296 e. The first-order valence-electron chi connectivity index (χ1n) is 5.28. The van der Waals surface area contributed by atoms with Crippen molar-refractivity contribution in [1.82, 2.24) is 0 Å². The Bertz CT molecular complexity index is 498. The van der Waals surface area contributed by atoms with Gasteiger partial charge in [0.15, 0.2) is 0 Å². The molecule has 0 spiro atoms. The first-order valence-corrected chi connectivity index (χ1v) is 5.28. The molecule has 2 rings (SSSR count). The fraction of sp³-hybridized carbons (Fsp3) is 0.214. The number of aryl methyl sites for hydroxylation is 1. The zero-order valence-electron chi connectivity index (χ0n) is 9.20. The van der Waals surface area contributed by atoms with Crippen LogP contribution >= 0.6 is 0 Å². The second kappa shape index (κ2) is 4.26. The summed E-state index contributed by atoms with van der Waals surface area (Å²) in [6.45, 7) is 2.18. The first-order chi connectivity index (χ1) is 7.33. The predicted molar refractivity (Wildman–Crippen MR) is 66.8 cm³/mol. The van der Waals surface area contributed by atoms with Crippen LogP contribution in [0.25, 0.3) is 10.8 Å². The smallest absolute Gasteiger partial charge is 0.0281 e. The normalized spacial score (nSPS) is 11.3. The highest BCUT2D eigenvalue weighted by Crippen LogP contribution is 2.17. The highest BCUT2D eigenvalue weighted by molar-refractivity contribution is 5.90. The highest BCUT2D eigenvalue weighted by atomic mass is 14.6. The van der Waals surface area contributed by atoms with Crippen LogP contribution in [0, 0.1) is 0 Å². The Kier molecular flexibility index (Phi) is 2.82. The summed E-state index contributed by atoms with van der Waals surface area (Å²) in [6.07, 6.45) is 2.97. The second-order valence-electron chi connectivity index (χ2n) is 3.68. The van der Waals surface area contributed by atoms with Gasteiger partial charge < -0.3 is 0 Å². The molecule has 0 aliphatic carbocycles. The fourth-order valence-corrected chi connectivity index (χ4v) is 1.76. The average Bonchev–Trinajstić information content (AvgIpc) is 2.29. The van der Waals surface area contributed by atoms with E-state index in [1.807, 2.05) is 6.21 Å². The van der Waals surface area contributed by atoms with Crippen molar-refractivity contribution in [3.05, 3.63) is 47.5 Å². The maximum Gasteiger partial charge on any atom is 0.0281 e. The molecule has 76 valence electrons. The zero-order chi connectivity index (χ0) is 10.7. The van der Waals surface area contributed by atoms with Gasteiger partial charge in [0.2, 0.25) is 0 Å². The van der Waals surface area contributed by atoms with E-state index in [4.69, 9.17) is 0 Å². The van der Waals surface area contributed by atoms with E-state index in [1.54, 1.807) is 7.05 Å². The van der Waals surface area contributed by atoms with E-state index < -0.39 is 0 Å². The van der Waals surface area contributed by atoms with Gasteiger partial charge in [0.25, 0.3) is 0 Å². The summed E-state index contributed by atoms with van der Waals surface area (Å²) >= 11 is 0. The topological polar surface area (TPSA) is 12.4 Å². The lowest BCUT2D eigenvalue weighted by atomic mass is 10.0. The summed E-state index contributed by atoms with van der Waals surface area (Å²) in [5.74, 6) is 0. The first kappa shape index (κ1) is 9.91. The number of nitrogens with zero attached hydrogens (tertiary/aromatic N) is 1. The number of hydrogen-bond donors (Lipinski definition) is 0. The molecule has 0 aromatic heterocycles. The molecule has 2 aromatic rings. The Hall–Kier alpha value is -1.63. The molecule has 0 aliphatic heterocycles. The van der Waals surface area contributed by atoms with Gasteiger partial charge in [-0.3, -0.25) is 4.99 Å². The van der Waals surface area contributed by atoms with E-state index in [9.17, 15) is 0 Å². The molecule has 0 fully saturated rings. The van der Waals surface area contributed by atoms with Gasteiger partial charge in [0.1, 0.15) is 0 Å². The lowest BCUT2D eigenvalue weighted by Gasteiger charge is -2.02. The van der Waals surface area contributed by atoms with Gasteiger partial charge in [-0.15, -0.1) is 0 Å². The van der Waals surface area contributed by atoms with Gasteiger partial charge in [-0.2, -0.15) is 0 Å². The van der Waals surface area contributed by atoms with Crippen molar-refractivity contribution in [2.24, 2.45) is 4.99 Å². The minimum absolute atomic E-state index is 1.09. The Morgan fingerprint density at radius 2 is 1.80 bits per heavy atom. The molecule has 0 atom stereocenters. The number of aliphatic imine (C=N–C) groups is 1. The molecule has 0 heterocycles. The van der Waals surface area contributed by atoms with E-state index >= 15 is 0 Å². The van der Waals surface area contributed by atoms with Gasteiger partial charge in [-0.05, 0) is 34.4 Å². The quantitative estimate of drug-likeness (QED) is 0.654. The van der Waals surface area contributed by atoms with E-state index in [1.165, 1.54) is 16.3 Å². The summed E-state index contributed by atoms with van der Waals surface area (Å²) in [7, 11) is 1.80. The van der Waals surface area contributed by atoms with Gasteiger partial charge in [0, 0.05) is 13.3 Å².